The molecule has 0 spiro atoms. The molecule has 0 saturated carbocycles. The van der Waals surface area contributed by atoms with Gasteiger partial charge in [-0.25, -0.2) is 13.2 Å². The highest BCUT2D eigenvalue weighted by atomic mass is 79.9. The van der Waals surface area contributed by atoms with Gasteiger partial charge in [-0.15, -0.1) is 0 Å². The van der Waals surface area contributed by atoms with Crippen LogP contribution in [0.4, 0.5) is 13.2 Å². The number of rotatable bonds is 4. The van der Waals surface area contributed by atoms with Crippen LogP contribution in [-0.2, 0) is 0 Å². The molecule has 1 nitrogen and oxygen atoms in total. The van der Waals surface area contributed by atoms with Crippen molar-refractivity contribution >= 4 is 15.9 Å². The minimum Gasteiger partial charge on any atom is -0.307 e. The molecule has 0 heterocycles. The first-order chi connectivity index (χ1) is 9.52. The maximum Gasteiger partial charge on any atom is 0.159 e. The molecule has 2 aromatic carbocycles. The molecule has 2 rings (SSSR count). The highest BCUT2D eigenvalue weighted by Crippen LogP contribution is 2.27. The number of benzene rings is 2. The highest BCUT2D eigenvalue weighted by molar-refractivity contribution is 9.10. The number of nitrogens with one attached hydrogen (secondary N) is 1. The summed E-state index contributed by atoms with van der Waals surface area (Å²) in [5, 5.41) is 3.18. The van der Waals surface area contributed by atoms with Gasteiger partial charge in [0.1, 0.15) is 5.82 Å². The number of hydrogen-bond acceptors (Lipinski definition) is 1. The summed E-state index contributed by atoms with van der Waals surface area (Å²) in [5.41, 5.74) is 1.36. The Kier molecular flexibility index (Phi) is 4.83. The van der Waals surface area contributed by atoms with E-state index in [-0.39, 0.29) is 11.9 Å². The summed E-state index contributed by atoms with van der Waals surface area (Å²) in [6.07, 6.45) is 0. The van der Waals surface area contributed by atoms with E-state index in [1.165, 1.54) is 12.1 Å². The second kappa shape index (κ2) is 6.41. The molecule has 1 unspecified atom stereocenters. The molecule has 0 aliphatic rings. The van der Waals surface area contributed by atoms with Crippen molar-refractivity contribution in [2.75, 3.05) is 6.54 Å². The van der Waals surface area contributed by atoms with Crippen molar-refractivity contribution in [3.05, 3.63) is 69.4 Å². The molecule has 20 heavy (non-hydrogen) atoms. The van der Waals surface area contributed by atoms with Gasteiger partial charge in [0.2, 0.25) is 0 Å². The highest BCUT2D eigenvalue weighted by Gasteiger charge is 2.16. The number of halogens is 4. The van der Waals surface area contributed by atoms with Gasteiger partial charge < -0.3 is 5.32 Å². The van der Waals surface area contributed by atoms with Gasteiger partial charge in [0.05, 0.1) is 10.5 Å². The van der Waals surface area contributed by atoms with E-state index in [2.05, 4.69) is 21.2 Å². The summed E-state index contributed by atoms with van der Waals surface area (Å²) in [6.45, 7) is 2.55. The fourth-order valence-corrected chi connectivity index (χ4v) is 2.41. The quantitative estimate of drug-likeness (QED) is 0.857. The molecule has 1 atom stereocenters. The lowest BCUT2D eigenvalue weighted by Crippen LogP contribution is -2.22. The molecular formula is C15H13BrF3N. The largest absolute Gasteiger partial charge is 0.307 e. The van der Waals surface area contributed by atoms with Crippen LogP contribution in [0.15, 0.2) is 40.9 Å². The van der Waals surface area contributed by atoms with Crippen molar-refractivity contribution in [2.45, 2.75) is 13.0 Å². The molecule has 5 heteroatoms. The zero-order valence-electron chi connectivity index (χ0n) is 10.8. The van der Waals surface area contributed by atoms with Crippen molar-refractivity contribution in [2.24, 2.45) is 0 Å². The fraction of sp³-hybridized carbons (Fsp3) is 0.200. The summed E-state index contributed by atoms with van der Waals surface area (Å²) in [5.74, 6) is -2.15. The molecule has 0 aliphatic carbocycles. The van der Waals surface area contributed by atoms with Gasteiger partial charge in [0.15, 0.2) is 11.6 Å². The van der Waals surface area contributed by atoms with Crippen molar-refractivity contribution in [1.29, 1.82) is 0 Å². The molecule has 0 fully saturated rings. The Balaban J connectivity index is 2.44. The van der Waals surface area contributed by atoms with Gasteiger partial charge in [-0.05, 0) is 57.9 Å². The fourth-order valence-electron chi connectivity index (χ4n) is 2.02. The Morgan fingerprint density at radius 1 is 0.950 bits per heavy atom. The van der Waals surface area contributed by atoms with Crippen LogP contribution in [0.2, 0.25) is 0 Å². The van der Waals surface area contributed by atoms with Gasteiger partial charge in [-0.3, -0.25) is 0 Å². The SMILES string of the molecule is CCNC(c1ccc(F)c(F)c1)c1ccc(F)c(Br)c1. The molecule has 106 valence electrons. The second-order valence-electron chi connectivity index (χ2n) is 4.34. The summed E-state index contributed by atoms with van der Waals surface area (Å²) >= 11 is 3.13. The van der Waals surface area contributed by atoms with E-state index in [0.29, 0.717) is 16.6 Å². The van der Waals surface area contributed by atoms with Crippen LogP contribution in [0.25, 0.3) is 0 Å². The first-order valence-corrected chi connectivity index (χ1v) is 6.95. The maximum absolute atomic E-state index is 13.4. The minimum atomic E-state index is -0.897. The first kappa shape index (κ1) is 15.1. The van der Waals surface area contributed by atoms with Crippen molar-refractivity contribution in [3.63, 3.8) is 0 Å². The standard InChI is InChI=1S/C15H13BrF3N/c1-2-20-15(9-3-5-12(17)11(16)7-9)10-4-6-13(18)14(19)8-10/h3-8,15,20H,2H2,1H3. The smallest absolute Gasteiger partial charge is 0.159 e. The van der Waals surface area contributed by atoms with Gasteiger partial charge in [0.25, 0.3) is 0 Å². The third-order valence-corrected chi connectivity index (χ3v) is 3.57. The van der Waals surface area contributed by atoms with E-state index in [0.717, 1.165) is 17.7 Å². The third kappa shape index (κ3) is 3.22. The van der Waals surface area contributed by atoms with E-state index in [1.807, 2.05) is 6.92 Å². The topological polar surface area (TPSA) is 12.0 Å². The molecule has 0 radical (unpaired) electrons. The van der Waals surface area contributed by atoms with Crippen molar-refractivity contribution in [1.82, 2.24) is 5.32 Å². The summed E-state index contributed by atoms with van der Waals surface area (Å²) in [4.78, 5) is 0. The molecule has 2 aromatic rings. The Hall–Kier alpha value is -1.33. The molecule has 0 bridgehead atoms. The van der Waals surface area contributed by atoms with Crippen molar-refractivity contribution < 1.29 is 13.2 Å². The van der Waals surface area contributed by atoms with Crippen LogP contribution < -0.4 is 5.32 Å². The Labute approximate surface area is 123 Å². The predicted molar refractivity (Wildman–Crippen MR) is 76.0 cm³/mol. The number of hydrogen-bond donors (Lipinski definition) is 1. The molecular weight excluding hydrogens is 331 g/mol. The van der Waals surface area contributed by atoms with Crippen LogP contribution in [-0.4, -0.2) is 6.54 Å². The van der Waals surface area contributed by atoms with Crippen LogP contribution in [0.5, 0.6) is 0 Å². The van der Waals surface area contributed by atoms with E-state index in [4.69, 9.17) is 0 Å². The lowest BCUT2D eigenvalue weighted by atomic mass is 9.98. The average Bonchev–Trinajstić information content (AvgIpc) is 2.43. The van der Waals surface area contributed by atoms with Crippen LogP contribution in [0.1, 0.15) is 24.1 Å². The molecule has 1 N–H and O–H groups in total. The second-order valence-corrected chi connectivity index (χ2v) is 5.19. The van der Waals surface area contributed by atoms with E-state index in [9.17, 15) is 13.2 Å². The van der Waals surface area contributed by atoms with Crippen molar-refractivity contribution in [3.8, 4) is 0 Å². The van der Waals surface area contributed by atoms with Gasteiger partial charge >= 0.3 is 0 Å². The minimum absolute atomic E-state index is 0.327. The van der Waals surface area contributed by atoms with E-state index < -0.39 is 11.6 Å². The summed E-state index contributed by atoms with van der Waals surface area (Å²) < 4.78 is 40.0. The zero-order chi connectivity index (χ0) is 14.7. The molecule has 0 amide bonds. The van der Waals surface area contributed by atoms with Crippen LogP contribution in [0, 0.1) is 17.5 Å². The third-order valence-electron chi connectivity index (χ3n) is 2.96. The van der Waals surface area contributed by atoms with Gasteiger partial charge in [-0.2, -0.15) is 0 Å². The lowest BCUT2D eigenvalue weighted by molar-refractivity contribution is 0.504. The van der Waals surface area contributed by atoms with E-state index >= 15 is 0 Å². The Morgan fingerprint density at radius 3 is 2.10 bits per heavy atom. The maximum atomic E-state index is 13.4. The monoisotopic (exact) mass is 343 g/mol. The van der Waals surface area contributed by atoms with Crippen LogP contribution >= 0.6 is 15.9 Å². The Bertz CT molecular complexity index is 565. The summed E-state index contributed by atoms with van der Waals surface area (Å²) in [6, 6.07) is 8.02. The zero-order valence-corrected chi connectivity index (χ0v) is 12.3. The predicted octanol–water partition coefficient (Wildman–Crippen LogP) is 4.57. The lowest BCUT2D eigenvalue weighted by Gasteiger charge is -2.19. The van der Waals surface area contributed by atoms with Gasteiger partial charge in [0, 0.05) is 0 Å². The van der Waals surface area contributed by atoms with Crippen LogP contribution in [0.3, 0.4) is 0 Å². The molecule has 0 saturated heterocycles. The normalized spacial score (nSPS) is 12.4. The molecule has 0 aliphatic heterocycles. The molecule has 0 aromatic heterocycles. The Morgan fingerprint density at radius 2 is 1.55 bits per heavy atom. The average molecular weight is 344 g/mol. The van der Waals surface area contributed by atoms with Gasteiger partial charge in [-0.1, -0.05) is 19.1 Å². The summed E-state index contributed by atoms with van der Waals surface area (Å²) in [7, 11) is 0. The first-order valence-electron chi connectivity index (χ1n) is 6.16. The van der Waals surface area contributed by atoms with E-state index in [1.54, 1.807) is 12.1 Å².